The highest BCUT2D eigenvalue weighted by Gasteiger charge is 2.62. The minimum Gasteiger partial charge on any atom is -0.508 e. The first-order valence-corrected chi connectivity index (χ1v) is 19.0. The van der Waals surface area contributed by atoms with Crippen LogP contribution >= 0.6 is 0 Å². The maximum Gasteiger partial charge on any atom is 0.242 e. The molecule has 0 spiro atoms. The lowest BCUT2D eigenvalue weighted by Gasteiger charge is -2.55. The van der Waals surface area contributed by atoms with Gasteiger partial charge in [-0.25, -0.2) is 0 Å². The van der Waals surface area contributed by atoms with Crippen molar-refractivity contribution in [1.82, 2.24) is 15.5 Å². The predicted octanol–water partition coefficient (Wildman–Crippen LogP) is 6.24. The summed E-state index contributed by atoms with van der Waals surface area (Å²) in [6.45, 7) is 14.2. The minimum absolute atomic E-state index is 0.0215. The van der Waals surface area contributed by atoms with Gasteiger partial charge in [-0.3, -0.25) is 19.5 Å². The van der Waals surface area contributed by atoms with E-state index in [0.717, 1.165) is 88.8 Å². The monoisotopic (exact) mass is 671 g/mol. The van der Waals surface area contributed by atoms with Gasteiger partial charge in [-0.1, -0.05) is 83.9 Å². The number of fused-ring (bicyclic) bond motifs is 4. The second kappa shape index (κ2) is 16.1. The number of nitrogens with two attached hydrogens (primary N) is 1. The molecule has 1 saturated carbocycles. The van der Waals surface area contributed by atoms with Crippen LogP contribution in [0.2, 0.25) is 0 Å². The molecule has 2 fully saturated rings. The number of carbonyl (C=O) groups excluding carboxylic acids is 2. The first kappa shape index (κ1) is 36.9. The van der Waals surface area contributed by atoms with E-state index in [1.807, 2.05) is 30.3 Å². The van der Waals surface area contributed by atoms with Gasteiger partial charge in [0, 0.05) is 32.1 Å². The molecule has 0 unspecified atom stereocenters. The molecule has 2 aromatic carbocycles. The van der Waals surface area contributed by atoms with Gasteiger partial charge in [-0.15, -0.1) is 0 Å². The van der Waals surface area contributed by atoms with Crippen molar-refractivity contribution in [2.45, 2.75) is 122 Å². The highest BCUT2D eigenvalue weighted by atomic mass is 16.3. The molecular weight excluding hydrogens is 610 g/mol. The molecule has 6 atom stereocenters. The maximum absolute atomic E-state index is 14.4. The smallest absolute Gasteiger partial charge is 0.242 e. The fourth-order valence-electron chi connectivity index (χ4n) is 8.73. The summed E-state index contributed by atoms with van der Waals surface area (Å²) >= 11 is 0. The number of nitrogens with one attached hydrogen (secondary N) is 2. The molecule has 0 aromatic heterocycles. The molecule has 8 heteroatoms. The van der Waals surface area contributed by atoms with Gasteiger partial charge >= 0.3 is 0 Å². The number of aromatic hydroxyl groups is 1. The molecule has 2 amide bonds. The van der Waals surface area contributed by atoms with Crippen molar-refractivity contribution in [3.63, 3.8) is 0 Å². The predicted molar refractivity (Wildman–Crippen MR) is 199 cm³/mol. The molecule has 268 valence electrons. The fourth-order valence-corrected chi connectivity index (χ4v) is 8.73. The molecule has 49 heavy (non-hydrogen) atoms. The lowest BCUT2D eigenvalue weighted by atomic mass is 9.59. The summed E-state index contributed by atoms with van der Waals surface area (Å²) in [5, 5.41) is 16.7. The first-order chi connectivity index (χ1) is 23.5. The van der Waals surface area contributed by atoms with Crippen LogP contribution in [0.5, 0.6) is 5.75 Å². The van der Waals surface area contributed by atoms with E-state index in [2.05, 4.69) is 73.3 Å². The van der Waals surface area contributed by atoms with Crippen LogP contribution in [0.1, 0.15) is 109 Å². The molecule has 2 aliphatic carbocycles. The number of carbonyl (C=O) groups is 2. The van der Waals surface area contributed by atoms with E-state index in [9.17, 15) is 14.7 Å². The van der Waals surface area contributed by atoms with Crippen molar-refractivity contribution in [2.75, 3.05) is 26.2 Å². The van der Waals surface area contributed by atoms with E-state index >= 15 is 0 Å². The van der Waals surface area contributed by atoms with E-state index in [1.54, 1.807) is 0 Å². The van der Waals surface area contributed by atoms with Crippen LogP contribution in [0, 0.1) is 17.8 Å². The highest BCUT2D eigenvalue weighted by molar-refractivity contribution is 5.95. The second-order valence-corrected chi connectivity index (χ2v) is 15.8. The number of aliphatic imine (C=N–C) groups is 1. The molecule has 2 bridgehead atoms. The number of unbranched alkanes of at least 4 members (excludes halogenated alkanes) is 3. The normalized spacial score (nSPS) is 27.0. The Morgan fingerprint density at radius 3 is 2.59 bits per heavy atom. The first-order valence-electron chi connectivity index (χ1n) is 19.0. The average Bonchev–Trinajstić information content (AvgIpc) is 3.80. The van der Waals surface area contributed by atoms with Crippen LogP contribution in [0.3, 0.4) is 0 Å². The van der Waals surface area contributed by atoms with Gasteiger partial charge in [0.15, 0.2) is 0 Å². The number of amides is 2. The largest absolute Gasteiger partial charge is 0.508 e. The number of hydrogen-bond acceptors (Lipinski definition) is 5. The SMILES string of the molecule is CCCC(N)=NCCCCCCNC(=O)[C@@H](CC(C)C)NC(=O)[C@@]1(c2ccccc2)C[C@H]1CN1CC[C@@]2(C)c3cc(O)ccc3C[C@@H]1[C@@H]2C. The molecule has 8 nitrogen and oxygen atoms in total. The van der Waals surface area contributed by atoms with Crippen LogP contribution in [0.4, 0.5) is 0 Å². The second-order valence-electron chi connectivity index (χ2n) is 15.8. The molecule has 5 rings (SSSR count). The van der Waals surface area contributed by atoms with Crippen molar-refractivity contribution in [2.24, 2.45) is 28.5 Å². The van der Waals surface area contributed by atoms with Crippen molar-refractivity contribution in [1.29, 1.82) is 0 Å². The molecule has 1 heterocycles. The van der Waals surface area contributed by atoms with Crippen LogP contribution in [0.15, 0.2) is 53.5 Å². The van der Waals surface area contributed by atoms with E-state index in [1.165, 1.54) is 11.1 Å². The lowest BCUT2D eigenvalue weighted by Crippen LogP contribution is -2.58. The fraction of sp³-hybridized carbons (Fsp3) is 0.634. The third-order valence-electron chi connectivity index (χ3n) is 11.9. The number of amidine groups is 1. The Bertz CT molecular complexity index is 1460. The number of benzene rings is 2. The van der Waals surface area contributed by atoms with Gasteiger partial charge in [-0.05, 0) is 103 Å². The Kier molecular flexibility index (Phi) is 12.1. The Morgan fingerprint density at radius 1 is 1.10 bits per heavy atom. The van der Waals surface area contributed by atoms with Gasteiger partial charge in [0.2, 0.25) is 11.8 Å². The Hall–Kier alpha value is -3.39. The summed E-state index contributed by atoms with van der Waals surface area (Å²) in [6, 6.07) is 15.9. The molecule has 3 aliphatic rings. The Balaban J connectivity index is 1.21. The van der Waals surface area contributed by atoms with Crippen LogP contribution in [-0.2, 0) is 26.8 Å². The molecule has 2 aromatic rings. The zero-order valence-corrected chi connectivity index (χ0v) is 30.6. The van der Waals surface area contributed by atoms with Crippen molar-refractivity contribution >= 4 is 17.6 Å². The molecule has 5 N–H and O–H groups in total. The van der Waals surface area contributed by atoms with Crippen molar-refractivity contribution in [3.05, 3.63) is 65.2 Å². The minimum atomic E-state index is -0.637. The van der Waals surface area contributed by atoms with E-state index in [-0.39, 0.29) is 29.1 Å². The number of phenolic OH excluding ortho intramolecular Hbond substituents is 1. The number of piperidine rings is 1. The number of nitrogens with zero attached hydrogens (tertiary/aromatic N) is 2. The van der Waals surface area contributed by atoms with Crippen LogP contribution < -0.4 is 16.4 Å². The average molecular weight is 672 g/mol. The summed E-state index contributed by atoms with van der Waals surface area (Å²) in [4.78, 5) is 35.0. The summed E-state index contributed by atoms with van der Waals surface area (Å²) < 4.78 is 0. The van der Waals surface area contributed by atoms with Gasteiger partial charge in [0.25, 0.3) is 0 Å². The van der Waals surface area contributed by atoms with E-state index in [4.69, 9.17) is 5.73 Å². The van der Waals surface area contributed by atoms with Crippen molar-refractivity contribution in [3.8, 4) is 5.75 Å². The number of hydrogen-bond donors (Lipinski definition) is 4. The zero-order valence-electron chi connectivity index (χ0n) is 30.6. The van der Waals surface area contributed by atoms with Gasteiger partial charge in [0.1, 0.15) is 11.8 Å². The summed E-state index contributed by atoms with van der Waals surface area (Å²) in [7, 11) is 0. The summed E-state index contributed by atoms with van der Waals surface area (Å²) in [6.07, 6.45) is 9.22. The number of rotatable bonds is 17. The van der Waals surface area contributed by atoms with E-state index < -0.39 is 11.5 Å². The Morgan fingerprint density at radius 2 is 1.86 bits per heavy atom. The third kappa shape index (κ3) is 8.33. The topological polar surface area (TPSA) is 120 Å². The zero-order chi connectivity index (χ0) is 35.2. The maximum atomic E-state index is 14.4. The van der Waals surface area contributed by atoms with Crippen LogP contribution in [0.25, 0.3) is 0 Å². The summed E-state index contributed by atoms with van der Waals surface area (Å²) in [5.41, 5.74) is 8.97. The molecule has 1 aliphatic heterocycles. The standard InChI is InChI=1S/C41H61N5O3/c1-6-14-37(42)43-20-12-7-8-13-21-44-38(48)35(23-28(2)3)45-39(49)41(31-15-10-9-11-16-31)26-32(41)27-46-22-19-40(5)29(4)36(46)24-30-17-18-33(47)25-34(30)40/h9-11,15-18,25,28-29,32,35-36,47H,6-8,12-14,19-24,26-27H2,1-5H3,(H2,42,43)(H,44,48)(H,45,49)/t29-,32-,35+,36+,40+,41+/m0/s1. The van der Waals surface area contributed by atoms with Gasteiger partial charge < -0.3 is 21.5 Å². The molecule has 1 saturated heterocycles. The lowest BCUT2D eigenvalue weighted by molar-refractivity contribution is -0.131. The summed E-state index contributed by atoms with van der Waals surface area (Å²) in [5.74, 6) is 1.86. The number of phenols is 1. The van der Waals surface area contributed by atoms with Crippen LogP contribution in [-0.4, -0.2) is 65.9 Å². The quantitative estimate of drug-likeness (QED) is 0.0902. The molecular formula is C41H61N5O3. The van der Waals surface area contributed by atoms with Crippen molar-refractivity contribution < 1.29 is 14.7 Å². The third-order valence-corrected chi connectivity index (χ3v) is 11.9. The van der Waals surface area contributed by atoms with Gasteiger partial charge in [-0.2, -0.15) is 0 Å². The molecule has 0 radical (unpaired) electrons. The van der Waals surface area contributed by atoms with E-state index in [0.29, 0.717) is 30.7 Å². The highest BCUT2D eigenvalue weighted by Crippen LogP contribution is 2.57. The van der Waals surface area contributed by atoms with Gasteiger partial charge in [0.05, 0.1) is 11.3 Å². The number of likely N-dealkylation sites (tertiary alicyclic amines) is 1. The Labute approximate surface area is 294 Å².